The van der Waals surface area contributed by atoms with Gasteiger partial charge in [-0.25, -0.2) is 8.42 Å². The third-order valence-electron chi connectivity index (χ3n) is 3.56. The second-order valence-corrected chi connectivity index (χ2v) is 7.88. The molecule has 1 aromatic rings. The molecule has 1 heterocycles. The maximum Gasteiger partial charge on any atom is 0.321 e. The number of rotatable bonds is 9. The van der Waals surface area contributed by atoms with Crippen molar-refractivity contribution < 1.29 is 18.3 Å². The maximum absolute atomic E-state index is 12.6. The van der Waals surface area contributed by atoms with Gasteiger partial charge >= 0.3 is 5.97 Å². The fraction of sp³-hybridized carbons (Fsp3) is 0.733. The van der Waals surface area contributed by atoms with Crippen LogP contribution in [0.4, 0.5) is 0 Å². The Bertz CT molecular complexity index is 650. The van der Waals surface area contributed by atoms with E-state index < -0.39 is 22.0 Å². The monoisotopic (exact) mass is 345 g/mol. The van der Waals surface area contributed by atoms with Crippen molar-refractivity contribution in [3.05, 3.63) is 11.4 Å². The topological polar surface area (TPSA) is 101 Å². The number of hydrogen-bond acceptors (Lipinski definition) is 4. The first-order chi connectivity index (χ1) is 10.6. The number of carbonyl (C=O) groups is 1. The summed E-state index contributed by atoms with van der Waals surface area (Å²) in [6.45, 7) is 9.90. The number of aliphatic carboxylic acids is 1. The van der Waals surface area contributed by atoms with Crippen LogP contribution >= 0.6 is 0 Å². The highest BCUT2D eigenvalue weighted by Crippen LogP contribution is 2.21. The van der Waals surface area contributed by atoms with E-state index in [0.717, 1.165) is 6.42 Å². The van der Waals surface area contributed by atoms with Gasteiger partial charge in [0, 0.05) is 6.54 Å². The van der Waals surface area contributed by atoms with Crippen molar-refractivity contribution in [2.75, 3.05) is 0 Å². The average molecular weight is 345 g/mol. The lowest BCUT2D eigenvalue weighted by Gasteiger charge is -2.15. The Labute approximate surface area is 138 Å². The van der Waals surface area contributed by atoms with Crippen molar-refractivity contribution in [2.45, 2.75) is 71.4 Å². The number of carboxylic acids is 1. The normalized spacial score (nSPS) is 13.5. The van der Waals surface area contributed by atoms with Crippen LogP contribution in [0.15, 0.2) is 4.90 Å². The van der Waals surface area contributed by atoms with E-state index in [1.807, 2.05) is 20.8 Å². The van der Waals surface area contributed by atoms with Crippen LogP contribution in [-0.4, -0.2) is 35.3 Å². The van der Waals surface area contributed by atoms with Gasteiger partial charge in [-0.05, 0) is 26.2 Å². The summed E-state index contributed by atoms with van der Waals surface area (Å²) in [4.78, 5) is 11.4. The number of aromatic nitrogens is 2. The van der Waals surface area contributed by atoms with Crippen LogP contribution in [0, 0.1) is 19.8 Å². The van der Waals surface area contributed by atoms with Crippen LogP contribution in [0.1, 0.15) is 51.4 Å². The molecule has 0 saturated carbocycles. The first-order valence-electron chi connectivity index (χ1n) is 7.89. The zero-order valence-corrected chi connectivity index (χ0v) is 15.3. The van der Waals surface area contributed by atoms with Crippen molar-refractivity contribution in [1.29, 1.82) is 0 Å². The Morgan fingerprint density at radius 2 is 1.96 bits per heavy atom. The van der Waals surface area contributed by atoms with Gasteiger partial charge in [-0.1, -0.05) is 33.6 Å². The molecule has 7 nitrogen and oxygen atoms in total. The summed E-state index contributed by atoms with van der Waals surface area (Å²) in [7, 11) is -3.93. The van der Waals surface area contributed by atoms with Crippen LogP contribution < -0.4 is 4.72 Å². The molecule has 0 amide bonds. The van der Waals surface area contributed by atoms with Gasteiger partial charge in [0.25, 0.3) is 0 Å². The van der Waals surface area contributed by atoms with Crippen molar-refractivity contribution in [3.63, 3.8) is 0 Å². The van der Waals surface area contributed by atoms with Gasteiger partial charge in [-0.2, -0.15) is 9.82 Å². The molecule has 0 aliphatic heterocycles. The lowest BCUT2D eigenvalue weighted by Crippen LogP contribution is -2.41. The van der Waals surface area contributed by atoms with Crippen LogP contribution in [0.5, 0.6) is 0 Å². The third-order valence-corrected chi connectivity index (χ3v) is 5.29. The first kappa shape index (κ1) is 19.6. The number of sulfonamides is 1. The van der Waals surface area contributed by atoms with E-state index in [1.165, 1.54) is 0 Å². The second kappa shape index (κ2) is 7.92. The highest BCUT2D eigenvalue weighted by molar-refractivity contribution is 7.89. The second-order valence-electron chi connectivity index (χ2n) is 6.23. The van der Waals surface area contributed by atoms with E-state index in [2.05, 4.69) is 9.82 Å². The lowest BCUT2D eigenvalue weighted by atomic mass is 10.1. The molecular weight excluding hydrogens is 318 g/mol. The number of unbranched alkanes of at least 4 members (excludes halogenated alkanes) is 1. The Balaban J connectivity index is 3.12. The molecule has 1 atom stereocenters. The molecule has 0 saturated heterocycles. The fourth-order valence-corrected chi connectivity index (χ4v) is 4.12. The van der Waals surface area contributed by atoms with Crippen LogP contribution in [-0.2, 0) is 21.4 Å². The van der Waals surface area contributed by atoms with Gasteiger partial charge < -0.3 is 5.11 Å². The molecule has 23 heavy (non-hydrogen) atoms. The number of carboxylic acid groups (broad SMARTS) is 1. The van der Waals surface area contributed by atoms with Gasteiger partial charge in [0.15, 0.2) is 0 Å². The average Bonchev–Trinajstić information content (AvgIpc) is 2.68. The molecule has 0 bridgehead atoms. The summed E-state index contributed by atoms with van der Waals surface area (Å²) >= 11 is 0. The number of nitrogens with one attached hydrogen (secondary N) is 1. The third kappa shape index (κ3) is 5.04. The zero-order valence-electron chi connectivity index (χ0n) is 14.5. The zero-order chi connectivity index (χ0) is 17.8. The molecule has 0 radical (unpaired) electrons. The summed E-state index contributed by atoms with van der Waals surface area (Å²) < 4.78 is 29.2. The lowest BCUT2D eigenvalue weighted by molar-refractivity contribution is -0.139. The molecule has 2 N–H and O–H groups in total. The number of nitrogens with zero attached hydrogens (tertiary/aromatic N) is 2. The van der Waals surface area contributed by atoms with E-state index in [-0.39, 0.29) is 11.3 Å². The van der Waals surface area contributed by atoms with E-state index in [4.69, 9.17) is 0 Å². The summed E-state index contributed by atoms with van der Waals surface area (Å²) in [6.07, 6.45) is 1.71. The maximum atomic E-state index is 12.6. The fourth-order valence-electron chi connectivity index (χ4n) is 2.48. The summed E-state index contributed by atoms with van der Waals surface area (Å²) in [5, 5.41) is 13.5. The van der Waals surface area contributed by atoms with E-state index in [0.29, 0.717) is 30.3 Å². The minimum atomic E-state index is -3.93. The number of aryl methyl sites for hydroxylation is 1. The first-order valence-corrected chi connectivity index (χ1v) is 9.37. The largest absolute Gasteiger partial charge is 0.480 e. The Kier molecular flexibility index (Phi) is 6.76. The molecule has 0 aliphatic carbocycles. The van der Waals surface area contributed by atoms with Gasteiger partial charge in [0.2, 0.25) is 10.0 Å². The molecule has 0 aliphatic rings. The SMILES string of the molecule is CCCC[C@H](NS(=O)(=O)c1c(C)nn(CC(C)C)c1C)C(=O)O. The van der Waals surface area contributed by atoms with Crippen LogP contribution in [0.2, 0.25) is 0 Å². The predicted octanol–water partition coefficient (Wildman–Crippen LogP) is 2.08. The molecule has 0 fully saturated rings. The predicted molar refractivity (Wildman–Crippen MR) is 87.8 cm³/mol. The van der Waals surface area contributed by atoms with E-state index in [9.17, 15) is 18.3 Å². The molecular formula is C15H27N3O4S. The Morgan fingerprint density at radius 3 is 2.43 bits per heavy atom. The molecule has 0 spiro atoms. The standard InChI is InChI=1S/C15H27N3O4S/c1-6-7-8-13(15(19)20)17-23(21,22)14-11(4)16-18(12(14)5)9-10(2)3/h10,13,17H,6-9H2,1-5H3,(H,19,20)/t13-/m0/s1. The van der Waals surface area contributed by atoms with Crippen molar-refractivity contribution in [3.8, 4) is 0 Å². The summed E-state index contributed by atoms with van der Waals surface area (Å²) in [6, 6.07) is -1.12. The summed E-state index contributed by atoms with van der Waals surface area (Å²) in [5.41, 5.74) is 0.915. The van der Waals surface area contributed by atoms with Crippen LogP contribution in [0.25, 0.3) is 0 Å². The molecule has 8 heteroatoms. The quantitative estimate of drug-likeness (QED) is 0.713. The van der Waals surface area contributed by atoms with Gasteiger partial charge in [0.1, 0.15) is 10.9 Å². The molecule has 1 aromatic heterocycles. The summed E-state index contributed by atoms with van der Waals surface area (Å²) in [5.74, 6) is -0.834. The van der Waals surface area contributed by atoms with Crippen molar-refractivity contribution in [1.82, 2.24) is 14.5 Å². The van der Waals surface area contributed by atoms with E-state index >= 15 is 0 Å². The minimum Gasteiger partial charge on any atom is -0.480 e. The highest BCUT2D eigenvalue weighted by Gasteiger charge is 2.30. The molecule has 0 unspecified atom stereocenters. The Morgan fingerprint density at radius 1 is 1.35 bits per heavy atom. The number of hydrogen-bond donors (Lipinski definition) is 2. The smallest absolute Gasteiger partial charge is 0.321 e. The van der Waals surface area contributed by atoms with Crippen LogP contribution in [0.3, 0.4) is 0 Å². The van der Waals surface area contributed by atoms with Gasteiger partial charge in [-0.15, -0.1) is 0 Å². The van der Waals surface area contributed by atoms with Crippen molar-refractivity contribution in [2.24, 2.45) is 5.92 Å². The molecule has 1 rings (SSSR count). The minimum absolute atomic E-state index is 0.0842. The molecule has 0 aromatic carbocycles. The highest BCUT2D eigenvalue weighted by atomic mass is 32.2. The Hall–Kier alpha value is -1.41. The van der Waals surface area contributed by atoms with Crippen molar-refractivity contribution >= 4 is 16.0 Å². The van der Waals surface area contributed by atoms with Gasteiger partial charge in [-0.3, -0.25) is 9.48 Å². The molecule has 132 valence electrons. The van der Waals surface area contributed by atoms with E-state index in [1.54, 1.807) is 18.5 Å². The van der Waals surface area contributed by atoms with Gasteiger partial charge in [0.05, 0.1) is 11.4 Å².